The lowest BCUT2D eigenvalue weighted by Gasteiger charge is -2.35. The Morgan fingerprint density at radius 3 is 2.50 bits per heavy atom. The van der Waals surface area contributed by atoms with E-state index in [0.717, 1.165) is 45.3 Å². The Kier molecular flexibility index (Phi) is 6.30. The number of hydrogen-bond donors (Lipinski definition) is 0. The maximum Gasteiger partial charge on any atom is 0.353 e. The first-order valence-electron chi connectivity index (χ1n) is 8.57. The molecular weight excluding hydrogens is 308 g/mol. The molecule has 0 saturated carbocycles. The van der Waals surface area contributed by atoms with E-state index in [2.05, 4.69) is 28.8 Å². The lowest BCUT2D eigenvalue weighted by Crippen LogP contribution is -2.42. The summed E-state index contributed by atoms with van der Waals surface area (Å²) in [4.78, 5) is 25.9. The van der Waals surface area contributed by atoms with Gasteiger partial charge in [0.05, 0.1) is 4.92 Å². The van der Waals surface area contributed by atoms with Gasteiger partial charge in [-0.15, -0.1) is 0 Å². The van der Waals surface area contributed by atoms with Gasteiger partial charge in [-0.2, -0.15) is 0 Å². The summed E-state index contributed by atoms with van der Waals surface area (Å²) in [5.41, 5.74) is 0.0116. The molecule has 1 aromatic heterocycles. The quantitative estimate of drug-likeness (QED) is 0.557. The highest BCUT2D eigenvalue weighted by Crippen LogP contribution is 2.35. The van der Waals surface area contributed by atoms with Gasteiger partial charge in [0.25, 0.3) is 0 Å². The summed E-state index contributed by atoms with van der Waals surface area (Å²) in [7, 11) is 5.86. The molecular formula is C16H28N6O2. The van der Waals surface area contributed by atoms with Crippen LogP contribution in [0.4, 0.5) is 17.3 Å². The average Bonchev–Trinajstić information content (AvgIpc) is 2.58. The van der Waals surface area contributed by atoms with E-state index in [0.29, 0.717) is 11.6 Å². The fraction of sp³-hybridized carbons (Fsp3) is 0.750. The number of unbranched alkanes of at least 4 members (excludes halogenated alkanes) is 1. The zero-order valence-corrected chi connectivity index (χ0v) is 15.1. The minimum atomic E-state index is -0.349. The van der Waals surface area contributed by atoms with Crippen molar-refractivity contribution in [3.05, 3.63) is 16.4 Å². The first-order chi connectivity index (χ1) is 11.5. The molecule has 0 atom stereocenters. The number of hydrogen-bond acceptors (Lipinski definition) is 7. The average molecular weight is 336 g/mol. The highest BCUT2D eigenvalue weighted by Gasteiger charge is 2.31. The van der Waals surface area contributed by atoms with Gasteiger partial charge in [-0.05, 0) is 39.4 Å². The van der Waals surface area contributed by atoms with Gasteiger partial charge in [0, 0.05) is 26.7 Å². The molecule has 1 aliphatic rings. The van der Waals surface area contributed by atoms with Crippen LogP contribution in [-0.2, 0) is 0 Å². The predicted molar refractivity (Wildman–Crippen MR) is 95.8 cm³/mol. The summed E-state index contributed by atoms with van der Waals surface area (Å²) >= 11 is 0. The Hall–Kier alpha value is -1.96. The highest BCUT2D eigenvalue weighted by molar-refractivity contribution is 5.71. The zero-order chi connectivity index (χ0) is 17.7. The van der Waals surface area contributed by atoms with Gasteiger partial charge in [-0.3, -0.25) is 10.1 Å². The van der Waals surface area contributed by atoms with Crippen molar-refractivity contribution in [3.8, 4) is 0 Å². The number of nitrogens with zero attached hydrogens (tertiary/aromatic N) is 6. The van der Waals surface area contributed by atoms with E-state index in [4.69, 9.17) is 0 Å². The maximum atomic E-state index is 11.7. The third-order valence-corrected chi connectivity index (χ3v) is 4.74. The molecule has 0 bridgehead atoms. The van der Waals surface area contributed by atoms with Crippen molar-refractivity contribution in [1.29, 1.82) is 0 Å². The van der Waals surface area contributed by atoms with Gasteiger partial charge in [0.2, 0.25) is 11.6 Å². The smallest absolute Gasteiger partial charge is 0.353 e. The third kappa shape index (κ3) is 4.11. The molecule has 0 radical (unpaired) electrons. The van der Waals surface area contributed by atoms with Crippen LogP contribution in [0, 0.1) is 10.1 Å². The molecule has 134 valence electrons. The van der Waals surface area contributed by atoms with Crippen molar-refractivity contribution in [3.63, 3.8) is 0 Å². The highest BCUT2D eigenvalue weighted by atomic mass is 16.6. The zero-order valence-electron chi connectivity index (χ0n) is 15.1. The standard InChI is InChI=1S/C16H28N6O2/c1-5-6-9-20(3)15-14(22(23)24)16(18-12-17-15)21(4)13-7-10-19(2)11-8-13/h12-13H,5-11H2,1-4H3. The third-order valence-electron chi connectivity index (χ3n) is 4.74. The van der Waals surface area contributed by atoms with Crippen LogP contribution >= 0.6 is 0 Å². The van der Waals surface area contributed by atoms with Gasteiger partial charge in [-0.1, -0.05) is 13.3 Å². The molecule has 1 fully saturated rings. The Morgan fingerprint density at radius 1 is 1.29 bits per heavy atom. The second kappa shape index (κ2) is 8.23. The van der Waals surface area contributed by atoms with Crippen molar-refractivity contribution in [2.45, 2.75) is 38.6 Å². The van der Waals surface area contributed by atoms with E-state index in [1.807, 2.05) is 23.9 Å². The molecule has 24 heavy (non-hydrogen) atoms. The van der Waals surface area contributed by atoms with Crippen molar-refractivity contribution in [2.75, 3.05) is 50.6 Å². The number of nitro groups is 1. The summed E-state index contributed by atoms with van der Waals surface area (Å²) in [5.74, 6) is 0.820. The monoisotopic (exact) mass is 336 g/mol. The summed E-state index contributed by atoms with van der Waals surface area (Å²) in [6.45, 7) is 4.83. The second-order valence-electron chi connectivity index (χ2n) is 6.55. The van der Waals surface area contributed by atoms with Gasteiger partial charge < -0.3 is 14.7 Å². The summed E-state index contributed by atoms with van der Waals surface area (Å²) < 4.78 is 0. The molecule has 0 aliphatic carbocycles. The summed E-state index contributed by atoms with van der Waals surface area (Å²) in [6, 6.07) is 0.267. The Morgan fingerprint density at radius 2 is 1.92 bits per heavy atom. The fourth-order valence-electron chi connectivity index (χ4n) is 3.12. The van der Waals surface area contributed by atoms with Crippen LogP contribution in [0.3, 0.4) is 0 Å². The topological polar surface area (TPSA) is 78.6 Å². The molecule has 0 amide bonds. The Bertz CT molecular complexity index is 559. The summed E-state index contributed by atoms with van der Waals surface area (Å²) in [5, 5.41) is 11.7. The lowest BCUT2D eigenvalue weighted by molar-refractivity contribution is -0.383. The van der Waals surface area contributed by atoms with Crippen LogP contribution in [0.1, 0.15) is 32.6 Å². The van der Waals surface area contributed by atoms with Crippen LogP contribution in [-0.4, -0.2) is 66.6 Å². The van der Waals surface area contributed by atoms with Gasteiger partial charge >= 0.3 is 5.69 Å². The fourth-order valence-corrected chi connectivity index (χ4v) is 3.12. The first-order valence-corrected chi connectivity index (χ1v) is 8.57. The Labute approximate surface area is 143 Å². The lowest BCUT2D eigenvalue weighted by atomic mass is 10.0. The van der Waals surface area contributed by atoms with Crippen LogP contribution in [0.15, 0.2) is 6.33 Å². The number of likely N-dealkylation sites (tertiary alicyclic amines) is 1. The maximum absolute atomic E-state index is 11.7. The minimum Gasteiger partial charge on any atom is -0.354 e. The molecule has 2 heterocycles. The van der Waals surface area contributed by atoms with E-state index in [9.17, 15) is 10.1 Å². The van der Waals surface area contributed by atoms with E-state index in [1.54, 1.807) is 0 Å². The van der Waals surface area contributed by atoms with Gasteiger partial charge in [0.15, 0.2) is 0 Å². The minimum absolute atomic E-state index is 0.0116. The molecule has 0 N–H and O–H groups in total. The molecule has 0 spiro atoms. The number of rotatable bonds is 7. The molecule has 1 aliphatic heterocycles. The first kappa shape index (κ1) is 18.4. The van der Waals surface area contributed by atoms with Gasteiger partial charge in [0.1, 0.15) is 6.33 Å². The molecule has 8 heteroatoms. The number of aromatic nitrogens is 2. The van der Waals surface area contributed by atoms with E-state index in [1.165, 1.54) is 6.33 Å². The Balaban J connectivity index is 2.30. The van der Waals surface area contributed by atoms with Crippen molar-refractivity contribution >= 4 is 17.3 Å². The van der Waals surface area contributed by atoms with Crippen molar-refractivity contribution in [1.82, 2.24) is 14.9 Å². The normalized spacial score (nSPS) is 16.2. The molecule has 0 unspecified atom stereocenters. The summed E-state index contributed by atoms with van der Waals surface area (Å²) in [6.07, 6.45) is 5.40. The second-order valence-corrected chi connectivity index (χ2v) is 6.55. The van der Waals surface area contributed by atoms with Crippen molar-refractivity contribution in [2.24, 2.45) is 0 Å². The molecule has 8 nitrogen and oxygen atoms in total. The number of piperidine rings is 1. The van der Waals surface area contributed by atoms with E-state index >= 15 is 0 Å². The van der Waals surface area contributed by atoms with Gasteiger partial charge in [-0.25, -0.2) is 9.97 Å². The van der Waals surface area contributed by atoms with Crippen LogP contribution in [0.5, 0.6) is 0 Å². The van der Waals surface area contributed by atoms with Crippen molar-refractivity contribution < 1.29 is 4.92 Å². The van der Waals surface area contributed by atoms with E-state index < -0.39 is 0 Å². The van der Waals surface area contributed by atoms with E-state index in [-0.39, 0.29) is 16.7 Å². The molecule has 2 rings (SSSR count). The molecule has 1 aromatic rings. The predicted octanol–water partition coefficient (Wildman–Crippen LogP) is 2.15. The van der Waals surface area contributed by atoms with Crippen LogP contribution in [0.2, 0.25) is 0 Å². The number of anilines is 2. The van der Waals surface area contributed by atoms with Crippen LogP contribution < -0.4 is 9.80 Å². The molecule has 1 saturated heterocycles. The van der Waals surface area contributed by atoms with Crippen LogP contribution in [0.25, 0.3) is 0 Å². The SMILES string of the molecule is CCCCN(C)c1ncnc(N(C)C2CCN(C)CC2)c1[N+](=O)[O-]. The molecule has 0 aromatic carbocycles. The largest absolute Gasteiger partial charge is 0.354 e.